The average Bonchev–Trinajstić information content (AvgIpc) is 3.05. The number of hydrogen-bond acceptors (Lipinski definition) is 4. The molecular formula is C16H27N3O2S2. The molecule has 0 aromatic carbocycles. The topological polar surface area (TPSA) is 70.6 Å². The fourth-order valence-electron chi connectivity index (χ4n) is 3.15. The molecule has 7 heteroatoms. The number of guanidine groups is 1. The average molecular weight is 358 g/mol. The summed E-state index contributed by atoms with van der Waals surface area (Å²) in [6, 6.07) is 4.35. The molecule has 0 unspecified atom stereocenters. The summed E-state index contributed by atoms with van der Waals surface area (Å²) in [5, 5.41) is 8.64. The van der Waals surface area contributed by atoms with Gasteiger partial charge in [0.05, 0.1) is 5.75 Å². The minimum atomic E-state index is -2.95. The first kappa shape index (κ1) is 18.3. The van der Waals surface area contributed by atoms with Crippen molar-refractivity contribution in [2.24, 2.45) is 4.99 Å². The Bertz CT molecular complexity index is 603. The summed E-state index contributed by atoms with van der Waals surface area (Å²) < 4.78 is 22.4. The quantitative estimate of drug-likeness (QED) is 0.605. The number of nitrogens with zero attached hydrogens (tertiary/aromatic N) is 1. The lowest BCUT2D eigenvalue weighted by Crippen LogP contribution is -2.47. The third-order valence-corrected chi connectivity index (χ3v) is 6.50. The Morgan fingerprint density at radius 2 is 2.04 bits per heavy atom. The Morgan fingerprint density at radius 1 is 1.30 bits per heavy atom. The summed E-state index contributed by atoms with van der Waals surface area (Å²) in [7, 11) is -1.24. The second kappa shape index (κ2) is 8.15. The van der Waals surface area contributed by atoms with Crippen molar-refractivity contribution in [3.8, 4) is 0 Å². The van der Waals surface area contributed by atoms with Gasteiger partial charge in [0.15, 0.2) is 5.96 Å². The largest absolute Gasteiger partial charge is 0.355 e. The molecule has 1 heterocycles. The van der Waals surface area contributed by atoms with Crippen molar-refractivity contribution in [2.75, 3.05) is 32.1 Å². The van der Waals surface area contributed by atoms with Crippen LogP contribution in [0.2, 0.25) is 0 Å². The van der Waals surface area contributed by atoms with Gasteiger partial charge in [-0.1, -0.05) is 25.3 Å². The summed E-state index contributed by atoms with van der Waals surface area (Å²) >= 11 is 1.83. The van der Waals surface area contributed by atoms with E-state index in [1.165, 1.54) is 43.2 Å². The number of sulfone groups is 1. The van der Waals surface area contributed by atoms with Gasteiger partial charge in [0.25, 0.3) is 0 Å². The highest BCUT2D eigenvalue weighted by atomic mass is 32.2. The van der Waals surface area contributed by atoms with Crippen molar-refractivity contribution in [3.63, 3.8) is 0 Å². The third kappa shape index (κ3) is 5.49. The summed E-state index contributed by atoms with van der Waals surface area (Å²) in [6.45, 7) is 1.22. The van der Waals surface area contributed by atoms with E-state index in [9.17, 15) is 8.42 Å². The lowest BCUT2D eigenvalue weighted by Gasteiger charge is -2.37. The summed E-state index contributed by atoms with van der Waals surface area (Å²) in [5.41, 5.74) is 0.181. The lowest BCUT2D eigenvalue weighted by atomic mass is 9.73. The third-order valence-electron chi connectivity index (χ3n) is 4.44. The Hall–Kier alpha value is -1.08. The zero-order valence-corrected chi connectivity index (χ0v) is 15.6. The number of thiophene rings is 1. The number of aliphatic imine (C=N–C) groups is 1. The van der Waals surface area contributed by atoms with Crippen molar-refractivity contribution in [1.82, 2.24) is 10.6 Å². The van der Waals surface area contributed by atoms with E-state index < -0.39 is 9.84 Å². The highest BCUT2D eigenvalue weighted by Crippen LogP contribution is 2.40. The zero-order valence-electron chi connectivity index (χ0n) is 14.0. The van der Waals surface area contributed by atoms with E-state index >= 15 is 0 Å². The van der Waals surface area contributed by atoms with Crippen LogP contribution in [-0.4, -0.2) is 46.5 Å². The second-order valence-electron chi connectivity index (χ2n) is 6.30. The smallest absolute Gasteiger partial charge is 0.191 e. The van der Waals surface area contributed by atoms with Crippen LogP contribution in [0.4, 0.5) is 0 Å². The van der Waals surface area contributed by atoms with Gasteiger partial charge in [-0.15, -0.1) is 11.3 Å². The summed E-state index contributed by atoms with van der Waals surface area (Å²) in [5.74, 6) is 0.791. The van der Waals surface area contributed by atoms with Crippen LogP contribution in [0.25, 0.3) is 0 Å². The molecule has 2 rings (SSSR count). The van der Waals surface area contributed by atoms with Crippen LogP contribution in [-0.2, 0) is 15.3 Å². The standard InChI is InChI=1S/C16H27N3O2S2/c1-17-15(18-10-12-23(2,20)21)19-13-16(8-4-3-5-9-16)14-7-6-11-22-14/h6-7,11H,3-5,8-10,12-13H2,1-2H3,(H2,17,18,19). The van der Waals surface area contributed by atoms with E-state index in [1.54, 1.807) is 7.05 Å². The predicted octanol–water partition coefficient (Wildman–Crippen LogP) is 2.16. The van der Waals surface area contributed by atoms with Crippen molar-refractivity contribution in [2.45, 2.75) is 37.5 Å². The first-order chi connectivity index (χ1) is 11.0. The zero-order chi connectivity index (χ0) is 16.8. The molecule has 1 aromatic rings. The van der Waals surface area contributed by atoms with Crippen molar-refractivity contribution in [1.29, 1.82) is 0 Å². The SMILES string of the molecule is CN=C(NCCS(C)(=O)=O)NCC1(c2cccs2)CCCCC1. The minimum absolute atomic E-state index is 0.115. The minimum Gasteiger partial charge on any atom is -0.355 e. The number of rotatable bonds is 6. The molecule has 1 aliphatic rings. The first-order valence-corrected chi connectivity index (χ1v) is 11.1. The van der Waals surface area contributed by atoms with E-state index in [-0.39, 0.29) is 11.2 Å². The normalized spacial score (nSPS) is 18.6. The molecular weight excluding hydrogens is 330 g/mol. The molecule has 2 N–H and O–H groups in total. The summed E-state index contributed by atoms with van der Waals surface area (Å²) in [6.07, 6.45) is 7.48. The lowest BCUT2D eigenvalue weighted by molar-refractivity contribution is 0.296. The molecule has 1 aliphatic carbocycles. The Kier molecular flexibility index (Phi) is 6.47. The van der Waals surface area contributed by atoms with Gasteiger partial charge in [0.2, 0.25) is 0 Å². The maximum absolute atomic E-state index is 11.2. The fourth-order valence-corrected chi connectivity index (χ4v) is 4.61. The van der Waals surface area contributed by atoms with Gasteiger partial charge in [-0.05, 0) is 24.3 Å². The molecule has 0 spiro atoms. The van der Waals surface area contributed by atoms with Gasteiger partial charge < -0.3 is 10.6 Å². The molecule has 0 radical (unpaired) electrons. The number of hydrogen-bond donors (Lipinski definition) is 2. The molecule has 1 saturated carbocycles. The Labute approximate surface area is 143 Å². The molecule has 23 heavy (non-hydrogen) atoms. The van der Waals surface area contributed by atoms with E-state index in [4.69, 9.17) is 0 Å². The molecule has 1 fully saturated rings. The maximum atomic E-state index is 11.2. The number of nitrogens with one attached hydrogen (secondary N) is 2. The van der Waals surface area contributed by atoms with Gasteiger partial charge in [-0.25, -0.2) is 8.42 Å². The molecule has 0 bridgehead atoms. The molecule has 1 aromatic heterocycles. The van der Waals surface area contributed by atoms with Crippen LogP contribution in [0.1, 0.15) is 37.0 Å². The Morgan fingerprint density at radius 3 is 2.61 bits per heavy atom. The molecule has 5 nitrogen and oxygen atoms in total. The first-order valence-electron chi connectivity index (χ1n) is 8.11. The van der Waals surface area contributed by atoms with Crippen molar-refractivity contribution >= 4 is 27.1 Å². The predicted molar refractivity (Wildman–Crippen MR) is 98.2 cm³/mol. The highest BCUT2D eigenvalue weighted by molar-refractivity contribution is 7.90. The molecule has 0 saturated heterocycles. The van der Waals surface area contributed by atoms with Crippen LogP contribution >= 0.6 is 11.3 Å². The molecule has 0 amide bonds. The van der Waals surface area contributed by atoms with Gasteiger partial charge in [-0.3, -0.25) is 4.99 Å². The molecule has 0 aliphatic heterocycles. The van der Waals surface area contributed by atoms with Crippen LogP contribution in [0.15, 0.2) is 22.5 Å². The van der Waals surface area contributed by atoms with Crippen molar-refractivity contribution in [3.05, 3.63) is 22.4 Å². The molecule has 130 valence electrons. The monoisotopic (exact) mass is 357 g/mol. The van der Waals surface area contributed by atoms with E-state index in [0.717, 1.165) is 6.54 Å². The van der Waals surface area contributed by atoms with Gasteiger partial charge in [0, 0.05) is 36.7 Å². The highest BCUT2D eigenvalue weighted by Gasteiger charge is 2.34. The fraction of sp³-hybridized carbons (Fsp3) is 0.688. The molecule has 0 atom stereocenters. The Balaban J connectivity index is 1.95. The van der Waals surface area contributed by atoms with E-state index in [2.05, 4.69) is 33.1 Å². The van der Waals surface area contributed by atoms with Crippen LogP contribution < -0.4 is 10.6 Å². The van der Waals surface area contributed by atoms with Crippen LogP contribution in [0, 0.1) is 0 Å². The van der Waals surface area contributed by atoms with Crippen molar-refractivity contribution < 1.29 is 8.42 Å². The summed E-state index contributed by atoms with van der Waals surface area (Å²) in [4.78, 5) is 5.65. The van der Waals surface area contributed by atoms with Crippen LogP contribution in [0.3, 0.4) is 0 Å². The van der Waals surface area contributed by atoms with E-state index in [0.29, 0.717) is 12.5 Å². The van der Waals surface area contributed by atoms with Gasteiger partial charge >= 0.3 is 0 Å². The second-order valence-corrected chi connectivity index (χ2v) is 9.51. The van der Waals surface area contributed by atoms with E-state index in [1.807, 2.05) is 11.3 Å². The maximum Gasteiger partial charge on any atom is 0.191 e. The van der Waals surface area contributed by atoms with Crippen LogP contribution in [0.5, 0.6) is 0 Å². The van der Waals surface area contributed by atoms with Gasteiger partial charge in [0.1, 0.15) is 9.84 Å². The van der Waals surface area contributed by atoms with Gasteiger partial charge in [-0.2, -0.15) is 0 Å².